The van der Waals surface area contributed by atoms with Gasteiger partial charge < -0.3 is 65.2 Å². The van der Waals surface area contributed by atoms with Gasteiger partial charge in [-0.2, -0.15) is 0 Å². The van der Waals surface area contributed by atoms with Crippen LogP contribution in [-0.4, -0.2) is 117 Å². The molecule has 168 valence electrons. The van der Waals surface area contributed by atoms with E-state index < -0.39 is 80.0 Å². The first-order valence-corrected chi connectivity index (χ1v) is 8.78. The fourth-order valence-corrected chi connectivity index (χ4v) is 3.04. The van der Waals surface area contributed by atoms with E-state index in [-0.39, 0.29) is 36.2 Å². The van der Waals surface area contributed by atoms with Crippen molar-refractivity contribution in [3.05, 3.63) is 12.7 Å². The molecule has 10 atom stereocenters. The first-order chi connectivity index (χ1) is 13.6. The molecule has 13 nitrogen and oxygen atoms in total. The molecule has 2 aliphatic rings. The second kappa shape index (κ2) is 11.6. The summed E-state index contributed by atoms with van der Waals surface area (Å²) in [4.78, 5) is 11.6. The third-order valence-electron chi connectivity index (χ3n) is 4.74. The number of aliphatic hydroxyl groups excluding tert-OH is 6. The van der Waals surface area contributed by atoms with Crippen LogP contribution in [0.5, 0.6) is 0 Å². The number of carbonyl (C=O) groups excluding carboxylic acids is 1. The summed E-state index contributed by atoms with van der Waals surface area (Å²) in [5.74, 6) is -4.96. The molecule has 0 spiro atoms. The van der Waals surface area contributed by atoms with Crippen LogP contribution in [0.2, 0.25) is 0 Å². The Balaban J connectivity index is 0.00000450. The standard InChI is InChI=1S/C16H27NO12.Na/c1-2-3-28-16(15(24)25)13(23)10(21)9(20)12(29-16)7(18)5-27-14-11(22)8(19)6(17)4-26-14;/h2,6-14,18-23H,1,3-5,17H2,(H,24,25);/q;+1/p-1/t6-,7+,8-,9+,10-,11+,12+,13-,14+,16+;/m0./s1. The van der Waals surface area contributed by atoms with Crippen molar-refractivity contribution < 1.29 is 89.0 Å². The zero-order valence-electron chi connectivity index (χ0n) is 16.3. The van der Waals surface area contributed by atoms with Gasteiger partial charge >= 0.3 is 29.6 Å². The van der Waals surface area contributed by atoms with Crippen LogP contribution in [0.1, 0.15) is 0 Å². The van der Waals surface area contributed by atoms with Gasteiger partial charge in [-0.1, -0.05) is 6.08 Å². The van der Waals surface area contributed by atoms with Crippen molar-refractivity contribution in [3.63, 3.8) is 0 Å². The van der Waals surface area contributed by atoms with E-state index in [1.807, 2.05) is 0 Å². The van der Waals surface area contributed by atoms with Crippen molar-refractivity contribution in [2.45, 2.75) is 60.8 Å². The number of aliphatic hydroxyl groups is 6. The number of nitrogens with two attached hydrogens (primary N) is 1. The first kappa shape index (κ1) is 27.8. The Bertz CT molecular complexity index is 584. The molecule has 0 saturated carbocycles. The molecule has 0 radical (unpaired) electrons. The summed E-state index contributed by atoms with van der Waals surface area (Å²) < 4.78 is 20.3. The average Bonchev–Trinajstić information content (AvgIpc) is 2.69. The summed E-state index contributed by atoms with van der Waals surface area (Å²) >= 11 is 0. The Hall–Kier alpha value is -0.230. The molecule has 14 heteroatoms. The van der Waals surface area contributed by atoms with Crippen LogP contribution < -0.4 is 40.4 Å². The minimum absolute atomic E-state index is 0. The Morgan fingerprint density at radius 3 is 2.43 bits per heavy atom. The predicted molar refractivity (Wildman–Crippen MR) is 88.5 cm³/mol. The van der Waals surface area contributed by atoms with Crippen molar-refractivity contribution in [2.75, 3.05) is 19.8 Å². The molecule has 0 unspecified atom stereocenters. The van der Waals surface area contributed by atoms with Crippen molar-refractivity contribution in [3.8, 4) is 0 Å². The van der Waals surface area contributed by atoms with Crippen LogP contribution in [0.3, 0.4) is 0 Å². The van der Waals surface area contributed by atoms with Gasteiger partial charge in [-0.25, -0.2) is 0 Å². The van der Waals surface area contributed by atoms with Gasteiger partial charge in [0.05, 0.1) is 25.9 Å². The number of hydrogen-bond acceptors (Lipinski definition) is 13. The van der Waals surface area contributed by atoms with Crippen LogP contribution in [0.25, 0.3) is 0 Å². The first-order valence-electron chi connectivity index (χ1n) is 8.78. The molecule has 0 aromatic carbocycles. The number of hydrogen-bond donors (Lipinski definition) is 7. The fraction of sp³-hybridized carbons (Fsp3) is 0.812. The van der Waals surface area contributed by atoms with Gasteiger partial charge in [-0.05, 0) is 0 Å². The van der Waals surface area contributed by atoms with E-state index in [2.05, 4.69) is 6.58 Å². The number of carboxylic acids is 1. The van der Waals surface area contributed by atoms with Crippen LogP contribution in [0.15, 0.2) is 12.7 Å². The zero-order valence-corrected chi connectivity index (χ0v) is 18.3. The SMILES string of the molecule is C=CCO[C@@]1(C(=O)[O-])O[C@H]([C@H](O)CO[C@H]2OC[C@H](N)[C@H](O)[C@H]2O)[C@H](O)[C@H](O)[C@@H]1O.[Na+]. The summed E-state index contributed by atoms with van der Waals surface area (Å²) in [7, 11) is 0. The molecule has 2 saturated heterocycles. The van der Waals surface area contributed by atoms with E-state index in [0.717, 1.165) is 6.08 Å². The summed E-state index contributed by atoms with van der Waals surface area (Å²) in [5, 5.41) is 71.7. The minimum atomic E-state index is -2.90. The molecule has 0 bridgehead atoms. The Kier molecular flexibility index (Phi) is 10.7. The molecule has 2 aliphatic heterocycles. The van der Waals surface area contributed by atoms with E-state index in [1.165, 1.54) is 0 Å². The molecule has 0 aromatic rings. The number of rotatable bonds is 8. The number of carboxylic acid groups (broad SMARTS) is 1. The van der Waals surface area contributed by atoms with Crippen molar-refractivity contribution in [1.29, 1.82) is 0 Å². The monoisotopic (exact) mass is 447 g/mol. The molecule has 0 amide bonds. The third-order valence-corrected chi connectivity index (χ3v) is 4.74. The summed E-state index contributed by atoms with van der Waals surface area (Å²) in [6, 6.07) is -0.847. The minimum Gasteiger partial charge on any atom is -0.544 e. The predicted octanol–water partition coefficient (Wildman–Crippen LogP) is -9.10. The van der Waals surface area contributed by atoms with Gasteiger partial charge in [0.15, 0.2) is 6.29 Å². The van der Waals surface area contributed by atoms with E-state index in [4.69, 9.17) is 24.7 Å². The average molecular weight is 447 g/mol. The van der Waals surface area contributed by atoms with E-state index in [0.29, 0.717) is 0 Å². The summed E-state index contributed by atoms with van der Waals surface area (Å²) in [6.45, 7) is 2.08. The second-order valence-electron chi connectivity index (χ2n) is 6.81. The molecule has 8 N–H and O–H groups in total. The molecular weight excluding hydrogens is 421 g/mol. The van der Waals surface area contributed by atoms with Crippen LogP contribution in [0, 0.1) is 0 Å². The van der Waals surface area contributed by atoms with E-state index in [9.17, 15) is 40.5 Å². The Morgan fingerprint density at radius 2 is 1.87 bits per heavy atom. The molecule has 2 fully saturated rings. The van der Waals surface area contributed by atoms with Crippen molar-refractivity contribution >= 4 is 5.97 Å². The van der Waals surface area contributed by atoms with Crippen molar-refractivity contribution in [1.82, 2.24) is 0 Å². The molecule has 2 heterocycles. The maximum absolute atomic E-state index is 11.6. The maximum Gasteiger partial charge on any atom is 1.00 e. The number of aliphatic carboxylic acids is 1. The van der Waals surface area contributed by atoms with Gasteiger partial charge in [0.2, 0.25) is 5.79 Å². The number of carbonyl (C=O) groups is 1. The summed E-state index contributed by atoms with van der Waals surface area (Å²) in [6.07, 6.45) is -12.9. The normalized spacial score (nSPS) is 42.8. The van der Waals surface area contributed by atoms with Gasteiger partial charge in [-0.15, -0.1) is 6.58 Å². The summed E-state index contributed by atoms with van der Waals surface area (Å²) in [5.41, 5.74) is 5.52. The Labute approximate surface area is 193 Å². The molecule has 0 aliphatic carbocycles. The second-order valence-corrected chi connectivity index (χ2v) is 6.81. The molecular formula is C16H26NNaO12. The van der Waals surface area contributed by atoms with Gasteiger partial charge in [0.25, 0.3) is 0 Å². The van der Waals surface area contributed by atoms with Crippen LogP contribution in [-0.2, 0) is 23.7 Å². The zero-order chi connectivity index (χ0) is 21.9. The quantitative estimate of drug-likeness (QED) is 0.136. The van der Waals surface area contributed by atoms with Gasteiger partial charge in [-0.3, -0.25) is 0 Å². The smallest absolute Gasteiger partial charge is 0.544 e. The maximum atomic E-state index is 11.6. The largest absolute Gasteiger partial charge is 1.00 e. The molecule has 30 heavy (non-hydrogen) atoms. The van der Waals surface area contributed by atoms with E-state index in [1.54, 1.807) is 0 Å². The molecule has 0 aromatic heterocycles. The van der Waals surface area contributed by atoms with Gasteiger partial charge in [0.1, 0.15) is 48.7 Å². The van der Waals surface area contributed by atoms with E-state index >= 15 is 0 Å². The Morgan fingerprint density at radius 1 is 1.23 bits per heavy atom. The van der Waals surface area contributed by atoms with Crippen molar-refractivity contribution in [2.24, 2.45) is 5.73 Å². The van der Waals surface area contributed by atoms with Crippen LogP contribution in [0.4, 0.5) is 0 Å². The molecule has 2 rings (SSSR count). The number of ether oxygens (including phenoxy) is 4. The van der Waals surface area contributed by atoms with Crippen LogP contribution >= 0.6 is 0 Å². The fourth-order valence-electron chi connectivity index (χ4n) is 3.04. The topological polar surface area (TPSA) is 224 Å². The third kappa shape index (κ3) is 5.57. The van der Waals surface area contributed by atoms with Gasteiger partial charge in [0, 0.05) is 0 Å².